The number of ether oxygens (including phenoxy) is 3. The highest BCUT2D eigenvalue weighted by molar-refractivity contribution is 5.99. The van der Waals surface area contributed by atoms with E-state index in [4.69, 9.17) is 14.2 Å². The van der Waals surface area contributed by atoms with E-state index >= 15 is 0 Å². The highest BCUT2D eigenvalue weighted by Crippen LogP contribution is 2.26. The first kappa shape index (κ1) is 25.4. The number of rotatable bonds is 6. The van der Waals surface area contributed by atoms with Gasteiger partial charge in [0.1, 0.15) is 17.2 Å². The molecule has 0 N–H and O–H groups in total. The van der Waals surface area contributed by atoms with Crippen LogP contribution in [0.4, 0.5) is 0 Å². The summed E-state index contributed by atoms with van der Waals surface area (Å²) in [6.07, 6.45) is 0. The first-order valence-electron chi connectivity index (χ1n) is 12.1. The Morgan fingerprint density at radius 1 is 0.436 bits per heavy atom. The lowest BCUT2D eigenvalue weighted by molar-refractivity contribution is -0.131. The maximum Gasteiger partial charge on any atom is 0.343 e. The van der Waals surface area contributed by atoms with Crippen LogP contribution >= 0.6 is 0 Å². The average molecular weight is 519 g/mol. The molecule has 0 saturated heterocycles. The second-order valence-electron chi connectivity index (χ2n) is 8.90. The van der Waals surface area contributed by atoms with Gasteiger partial charge in [-0.1, -0.05) is 24.3 Å². The van der Waals surface area contributed by atoms with Crippen molar-refractivity contribution < 1.29 is 33.4 Å². The Hall–Kier alpha value is -5.30. The highest BCUT2D eigenvalue weighted by Gasteiger charge is 2.13. The monoisotopic (exact) mass is 518 g/mol. The van der Waals surface area contributed by atoms with Crippen LogP contribution in [0.2, 0.25) is 0 Å². The van der Waals surface area contributed by atoms with Crippen molar-refractivity contribution in [2.45, 2.75) is 13.8 Å². The molecule has 0 aliphatic heterocycles. The van der Waals surface area contributed by atoms with Gasteiger partial charge in [-0.2, -0.15) is 0 Å². The van der Waals surface area contributed by atoms with Crippen molar-refractivity contribution in [1.82, 2.24) is 0 Å². The van der Waals surface area contributed by atoms with Crippen molar-refractivity contribution in [2.75, 3.05) is 0 Å². The zero-order chi connectivity index (χ0) is 27.5. The molecule has 5 aromatic rings. The molecule has 0 amide bonds. The van der Waals surface area contributed by atoms with E-state index in [0.29, 0.717) is 33.9 Å². The van der Waals surface area contributed by atoms with E-state index < -0.39 is 17.9 Å². The van der Waals surface area contributed by atoms with Crippen molar-refractivity contribution in [3.63, 3.8) is 0 Å². The molecule has 5 aromatic carbocycles. The second kappa shape index (κ2) is 10.6. The standard InChI is InChI=1S/C32H22O7/c1-19(33)21-7-11-28(12-8-21)38-31(35)26-5-4-25-18-30(14-10-23(25)15-26)39-32(36)27-6-3-24-17-29(37-20(2)34)13-9-22(24)16-27/h3-18H,1-2H3. The molecule has 7 nitrogen and oxygen atoms in total. The zero-order valence-electron chi connectivity index (χ0n) is 21.1. The molecule has 0 unspecified atom stereocenters. The minimum absolute atomic E-state index is 0.0687. The molecule has 0 aromatic heterocycles. The molecule has 5 rings (SSSR count). The molecule has 0 aliphatic rings. The zero-order valence-corrected chi connectivity index (χ0v) is 21.1. The SMILES string of the molecule is CC(=O)Oc1ccc2cc(C(=O)Oc3ccc4cc(C(=O)Oc5ccc(C(C)=O)cc5)ccc4c3)ccc2c1. The van der Waals surface area contributed by atoms with Crippen LogP contribution in [0.3, 0.4) is 0 Å². The Morgan fingerprint density at radius 2 is 0.821 bits per heavy atom. The van der Waals surface area contributed by atoms with Gasteiger partial charge in [-0.25, -0.2) is 9.59 Å². The number of esters is 3. The van der Waals surface area contributed by atoms with Gasteiger partial charge in [0, 0.05) is 12.5 Å². The molecule has 7 heteroatoms. The summed E-state index contributed by atoms with van der Waals surface area (Å²) in [6.45, 7) is 2.80. The van der Waals surface area contributed by atoms with Crippen molar-refractivity contribution in [3.05, 3.63) is 114 Å². The molecule has 0 aliphatic carbocycles. The van der Waals surface area contributed by atoms with Gasteiger partial charge in [0.15, 0.2) is 5.78 Å². The molecular formula is C32H22O7. The van der Waals surface area contributed by atoms with Crippen molar-refractivity contribution in [3.8, 4) is 17.2 Å². The fourth-order valence-corrected chi connectivity index (χ4v) is 4.08. The van der Waals surface area contributed by atoms with E-state index in [9.17, 15) is 19.2 Å². The van der Waals surface area contributed by atoms with Crippen molar-refractivity contribution in [2.24, 2.45) is 0 Å². The number of Topliss-reactive ketones (excluding diaryl/α,β-unsaturated/α-hetero) is 1. The Morgan fingerprint density at radius 3 is 1.31 bits per heavy atom. The van der Waals surface area contributed by atoms with Gasteiger partial charge in [-0.3, -0.25) is 9.59 Å². The molecule has 0 radical (unpaired) electrons. The number of fused-ring (bicyclic) bond motifs is 2. The van der Waals surface area contributed by atoms with Gasteiger partial charge in [-0.05, 0) is 101 Å². The summed E-state index contributed by atoms with van der Waals surface area (Å²) in [7, 11) is 0. The van der Waals surface area contributed by atoms with Crippen LogP contribution in [0.5, 0.6) is 17.2 Å². The third kappa shape index (κ3) is 5.83. The lowest BCUT2D eigenvalue weighted by atomic mass is 10.1. The summed E-state index contributed by atoms with van der Waals surface area (Å²) in [5.74, 6) is -0.388. The van der Waals surface area contributed by atoms with Gasteiger partial charge < -0.3 is 14.2 Å². The highest BCUT2D eigenvalue weighted by atomic mass is 16.5. The van der Waals surface area contributed by atoms with E-state index in [2.05, 4.69) is 0 Å². The third-order valence-electron chi connectivity index (χ3n) is 6.04. The van der Waals surface area contributed by atoms with Crippen LogP contribution in [-0.2, 0) is 4.79 Å². The van der Waals surface area contributed by atoms with Crippen LogP contribution in [0.25, 0.3) is 21.5 Å². The summed E-state index contributed by atoms with van der Waals surface area (Å²) in [6, 6.07) is 26.8. The van der Waals surface area contributed by atoms with Crippen molar-refractivity contribution >= 4 is 45.2 Å². The smallest absolute Gasteiger partial charge is 0.343 e. The number of hydrogen-bond donors (Lipinski definition) is 0. The Labute approximate surface area is 223 Å². The lowest BCUT2D eigenvalue weighted by Crippen LogP contribution is -2.09. The predicted octanol–water partition coefficient (Wildman–Crippen LogP) is 6.56. The normalized spacial score (nSPS) is 10.7. The van der Waals surface area contributed by atoms with Gasteiger partial charge in [0.25, 0.3) is 0 Å². The van der Waals surface area contributed by atoms with Gasteiger partial charge in [0.2, 0.25) is 0 Å². The van der Waals surface area contributed by atoms with E-state index in [1.165, 1.54) is 13.8 Å². The molecule has 192 valence electrons. The summed E-state index contributed by atoms with van der Waals surface area (Å²) in [5, 5.41) is 3.16. The summed E-state index contributed by atoms with van der Waals surface area (Å²) < 4.78 is 16.1. The van der Waals surface area contributed by atoms with E-state index in [1.54, 1.807) is 97.1 Å². The largest absolute Gasteiger partial charge is 0.427 e. The lowest BCUT2D eigenvalue weighted by Gasteiger charge is -2.09. The van der Waals surface area contributed by atoms with E-state index in [0.717, 1.165) is 21.5 Å². The van der Waals surface area contributed by atoms with Crippen LogP contribution in [0.15, 0.2) is 97.1 Å². The topological polar surface area (TPSA) is 96.0 Å². The molecule has 0 saturated carbocycles. The summed E-state index contributed by atoms with van der Waals surface area (Å²) in [5.41, 5.74) is 1.26. The molecular weight excluding hydrogens is 496 g/mol. The van der Waals surface area contributed by atoms with Crippen molar-refractivity contribution in [1.29, 1.82) is 0 Å². The average Bonchev–Trinajstić information content (AvgIpc) is 2.92. The van der Waals surface area contributed by atoms with Crippen LogP contribution < -0.4 is 14.2 Å². The maximum atomic E-state index is 12.8. The number of ketones is 1. The minimum atomic E-state index is -0.528. The fourth-order valence-electron chi connectivity index (χ4n) is 4.08. The Bertz CT molecular complexity index is 1770. The molecule has 0 bridgehead atoms. The van der Waals surface area contributed by atoms with Gasteiger partial charge >= 0.3 is 17.9 Å². The number of carbonyl (C=O) groups is 4. The third-order valence-corrected chi connectivity index (χ3v) is 6.04. The second-order valence-corrected chi connectivity index (χ2v) is 8.90. The first-order chi connectivity index (χ1) is 18.7. The number of carbonyl (C=O) groups excluding carboxylic acids is 4. The molecule has 39 heavy (non-hydrogen) atoms. The Balaban J connectivity index is 1.28. The summed E-state index contributed by atoms with van der Waals surface area (Å²) in [4.78, 5) is 48.0. The Kier molecular flexibility index (Phi) is 6.89. The molecule has 0 heterocycles. The fraction of sp³-hybridized carbons (Fsp3) is 0.0625. The first-order valence-corrected chi connectivity index (χ1v) is 12.1. The van der Waals surface area contributed by atoms with Gasteiger partial charge in [0.05, 0.1) is 11.1 Å². The maximum absolute atomic E-state index is 12.8. The van der Waals surface area contributed by atoms with Crippen LogP contribution in [-0.4, -0.2) is 23.7 Å². The number of hydrogen-bond acceptors (Lipinski definition) is 7. The number of benzene rings is 5. The predicted molar refractivity (Wildman–Crippen MR) is 146 cm³/mol. The molecule has 0 fully saturated rings. The van der Waals surface area contributed by atoms with E-state index in [1.807, 2.05) is 0 Å². The quantitative estimate of drug-likeness (QED) is 0.143. The van der Waals surface area contributed by atoms with Crippen LogP contribution in [0.1, 0.15) is 44.9 Å². The van der Waals surface area contributed by atoms with E-state index in [-0.39, 0.29) is 5.78 Å². The summed E-state index contributed by atoms with van der Waals surface area (Å²) >= 11 is 0. The van der Waals surface area contributed by atoms with Crippen LogP contribution in [0, 0.1) is 0 Å². The minimum Gasteiger partial charge on any atom is -0.427 e. The molecule has 0 atom stereocenters. The van der Waals surface area contributed by atoms with Gasteiger partial charge in [-0.15, -0.1) is 0 Å². The molecule has 0 spiro atoms.